The van der Waals surface area contributed by atoms with Gasteiger partial charge in [-0.2, -0.15) is 15.1 Å². The van der Waals surface area contributed by atoms with Crippen LogP contribution in [0.1, 0.15) is 17.7 Å². The van der Waals surface area contributed by atoms with Crippen molar-refractivity contribution in [3.8, 4) is 11.3 Å². The maximum Gasteiger partial charge on any atom is 0.283 e. The van der Waals surface area contributed by atoms with Gasteiger partial charge in [0.15, 0.2) is 5.84 Å². The molecule has 11 heteroatoms. The molecule has 9 nitrogen and oxygen atoms in total. The average molecular weight is 498 g/mol. The molecule has 2 aromatic rings. The Morgan fingerprint density at radius 2 is 2.06 bits per heavy atom. The lowest BCUT2D eigenvalue weighted by Crippen LogP contribution is -2.41. The number of halogens is 1. The number of hydrogen-bond donors (Lipinski definition) is 1. The zero-order valence-electron chi connectivity index (χ0n) is 18.2. The molecule has 0 spiro atoms. The van der Waals surface area contributed by atoms with Crippen LogP contribution in [-0.4, -0.2) is 64.1 Å². The first kappa shape index (κ1) is 22.6. The first-order valence-electron chi connectivity index (χ1n) is 10.6. The van der Waals surface area contributed by atoms with Gasteiger partial charge in [-0.25, -0.2) is 0 Å². The minimum Gasteiger partial charge on any atom is -0.457 e. The fourth-order valence-corrected chi connectivity index (χ4v) is 4.69. The highest BCUT2D eigenvalue weighted by molar-refractivity contribution is 8.27. The van der Waals surface area contributed by atoms with Crippen LogP contribution in [0.3, 0.4) is 0 Å². The summed E-state index contributed by atoms with van der Waals surface area (Å²) in [6, 6.07) is 9.10. The average Bonchev–Trinajstić information content (AvgIpc) is 3.46. The number of amides is 2. The van der Waals surface area contributed by atoms with E-state index in [1.807, 2.05) is 25.1 Å². The molecule has 0 atom stereocenters. The predicted molar refractivity (Wildman–Crippen MR) is 131 cm³/mol. The molecule has 34 heavy (non-hydrogen) atoms. The molecular weight excluding hydrogens is 478 g/mol. The molecule has 0 radical (unpaired) electrons. The third-order valence-electron chi connectivity index (χ3n) is 5.53. The van der Waals surface area contributed by atoms with E-state index in [0.29, 0.717) is 47.9 Å². The van der Waals surface area contributed by atoms with E-state index in [0.717, 1.165) is 22.9 Å². The number of thioether (sulfide) groups is 1. The van der Waals surface area contributed by atoms with Crippen molar-refractivity contribution in [3.05, 3.63) is 52.3 Å². The van der Waals surface area contributed by atoms with E-state index in [9.17, 15) is 9.59 Å². The first-order valence-corrected chi connectivity index (χ1v) is 11.8. The third kappa shape index (κ3) is 4.44. The Hall–Kier alpha value is -3.21. The topological polar surface area (TPSA) is 112 Å². The van der Waals surface area contributed by atoms with Crippen molar-refractivity contribution in [2.45, 2.75) is 13.3 Å². The number of fused-ring (bicyclic) bond motifs is 1. The summed E-state index contributed by atoms with van der Waals surface area (Å²) in [5, 5.41) is 15.5. The van der Waals surface area contributed by atoms with Crippen LogP contribution >= 0.6 is 23.4 Å². The lowest BCUT2D eigenvalue weighted by Gasteiger charge is -2.26. The van der Waals surface area contributed by atoms with Crippen LogP contribution in [0.15, 0.2) is 50.4 Å². The highest BCUT2D eigenvalue weighted by atomic mass is 35.5. The number of benzene rings is 1. The van der Waals surface area contributed by atoms with Gasteiger partial charge in [-0.3, -0.25) is 15.0 Å². The van der Waals surface area contributed by atoms with Crippen LogP contribution < -0.4 is 0 Å². The molecule has 4 heterocycles. The molecule has 0 bridgehead atoms. The summed E-state index contributed by atoms with van der Waals surface area (Å²) >= 11 is 7.34. The second-order valence-corrected chi connectivity index (χ2v) is 9.30. The number of hydrogen-bond acceptors (Lipinski definition) is 7. The minimum atomic E-state index is -0.559. The van der Waals surface area contributed by atoms with E-state index in [2.05, 4.69) is 10.1 Å². The molecule has 1 fully saturated rings. The van der Waals surface area contributed by atoms with Crippen molar-refractivity contribution in [3.63, 3.8) is 0 Å². The highest BCUT2D eigenvalue weighted by Crippen LogP contribution is 2.31. The standard InChI is InChI=1S/C23H20ClN5O4S/c1-13-2-3-14(10-17(13)24)18-5-4-15(33-18)11-16-21(25)29-23(26-22(16)31)34-19(27-29)12-20(30)28-6-8-32-9-7-28/h2-5,10-11,25H,6-9,12H2,1H3/b16-11-,25-21?. The van der Waals surface area contributed by atoms with Crippen molar-refractivity contribution < 1.29 is 18.7 Å². The molecule has 5 rings (SSSR count). The number of morpholine rings is 1. The molecule has 1 N–H and O–H groups in total. The van der Waals surface area contributed by atoms with E-state index in [4.69, 9.17) is 26.2 Å². The molecule has 1 aromatic heterocycles. The Morgan fingerprint density at radius 3 is 2.82 bits per heavy atom. The Bertz CT molecular complexity index is 1290. The van der Waals surface area contributed by atoms with E-state index in [1.54, 1.807) is 17.0 Å². The van der Waals surface area contributed by atoms with Crippen LogP contribution in [0.2, 0.25) is 5.02 Å². The monoisotopic (exact) mass is 497 g/mol. The van der Waals surface area contributed by atoms with Crippen molar-refractivity contribution in [2.75, 3.05) is 26.3 Å². The maximum atomic E-state index is 12.7. The van der Waals surface area contributed by atoms with Gasteiger partial charge in [0.05, 0.1) is 25.2 Å². The van der Waals surface area contributed by atoms with Gasteiger partial charge in [0.2, 0.25) is 11.1 Å². The number of nitrogens with zero attached hydrogens (tertiary/aromatic N) is 4. The fourth-order valence-electron chi connectivity index (χ4n) is 3.63. The SMILES string of the molecule is Cc1ccc(-c2ccc(/C=C3/C(=N)N4N=C(CC(=O)N5CCOCC5)SC4=NC3=O)o2)cc1Cl. The summed E-state index contributed by atoms with van der Waals surface area (Å²) in [5.74, 6) is 0.245. The smallest absolute Gasteiger partial charge is 0.283 e. The lowest BCUT2D eigenvalue weighted by atomic mass is 10.1. The number of nitrogens with one attached hydrogen (secondary N) is 1. The summed E-state index contributed by atoms with van der Waals surface area (Å²) in [6.07, 6.45) is 1.56. The van der Waals surface area contributed by atoms with Gasteiger partial charge in [0, 0.05) is 23.7 Å². The van der Waals surface area contributed by atoms with Gasteiger partial charge in [0.1, 0.15) is 16.6 Å². The molecule has 3 aliphatic heterocycles. The van der Waals surface area contributed by atoms with Gasteiger partial charge in [-0.05, 0) is 48.5 Å². The van der Waals surface area contributed by atoms with Crippen LogP contribution in [0.4, 0.5) is 0 Å². The van der Waals surface area contributed by atoms with Gasteiger partial charge in [-0.1, -0.05) is 23.7 Å². The molecule has 3 aliphatic rings. The second kappa shape index (κ2) is 9.21. The molecule has 1 saturated heterocycles. The quantitative estimate of drug-likeness (QED) is 0.643. The molecule has 0 aliphatic carbocycles. The van der Waals surface area contributed by atoms with Crippen LogP contribution in [-0.2, 0) is 14.3 Å². The number of rotatable bonds is 4. The van der Waals surface area contributed by atoms with E-state index >= 15 is 0 Å². The van der Waals surface area contributed by atoms with E-state index in [-0.39, 0.29) is 28.9 Å². The number of ether oxygens (including phenoxy) is 1. The van der Waals surface area contributed by atoms with E-state index in [1.165, 1.54) is 11.1 Å². The summed E-state index contributed by atoms with van der Waals surface area (Å²) in [5.41, 5.74) is 1.82. The summed E-state index contributed by atoms with van der Waals surface area (Å²) in [4.78, 5) is 31.0. The van der Waals surface area contributed by atoms with Crippen molar-refractivity contribution in [1.82, 2.24) is 9.91 Å². The molecular formula is C23H20ClN5O4S. The van der Waals surface area contributed by atoms with Gasteiger partial charge >= 0.3 is 0 Å². The normalized spacial score (nSPS) is 19.4. The Kier molecular flexibility index (Phi) is 6.11. The second-order valence-electron chi connectivity index (χ2n) is 7.85. The Balaban J connectivity index is 1.33. The van der Waals surface area contributed by atoms with Crippen molar-refractivity contribution in [1.29, 1.82) is 5.41 Å². The number of aryl methyl sites for hydroxylation is 1. The summed E-state index contributed by atoms with van der Waals surface area (Å²) in [6.45, 7) is 4.04. The largest absolute Gasteiger partial charge is 0.457 e. The first-order chi connectivity index (χ1) is 16.4. The lowest BCUT2D eigenvalue weighted by molar-refractivity contribution is -0.133. The zero-order valence-corrected chi connectivity index (χ0v) is 19.8. The van der Waals surface area contributed by atoms with Crippen LogP contribution in [0.5, 0.6) is 0 Å². The number of carbonyl (C=O) groups is 2. The van der Waals surface area contributed by atoms with Gasteiger partial charge in [-0.15, -0.1) is 0 Å². The Morgan fingerprint density at radius 1 is 1.26 bits per heavy atom. The van der Waals surface area contributed by atoms with Crippen molar-refractivity contribution >= 4 is 57.3 Å². The van der Waals surface area contributed by atoms with Crippen molar-refractivity contribution in [2.24, 2.45) is 10.1 Å². The summed E-state index contributed by atoms with van der Waals surface area (Å²) < 4.78 is 11.1. The molecule has 2 amide bonds. The number of amidine groups is 2. The Labute approximate surface area is 204 Å². The predicted octanol–water partition coefficient (Wildman–Crippen LogP) is 3.78. The third-order valence-corrected chi connectivity index (χ3v) is 6.85. The molecule has 174 valence electrons. The number of hydrazone groups is 1. The number of furan rings is 1. The number of carbonyl (C=O) groups excluding carboxylic acids is 2. The van der Waals surface area contributed by atoms with Gasteiger partial charge < -0.3 is 14.1 Å². The van der Waals surface area contributed by atoms with Crippen LogP contribution in [0, 0.1) is 12.3 Å². The zero-order chi connectivity index (χ0) is 23.8. The van der Waals surface area contributed by atoms with Gasteiger partial charge in [0.25, 0.3) is 5.91 Å². The number of aliphatic imine (C=N–C) groups is 1. The fraction of sp³-hybridized carbons (Fsp3) is 0.261. The van der Waals surface area contributed by atoms with E-state index < -0.39 is 5.91 Å². The molecule has 0 saturated carbocycles. The summed E-state index contributed by atoms with van der Waals surface area (Å²) in [7, 11) is 0. The highest BCUT2D eigenvalue weighted by Gasteiger charge is 2.36. The van der Waals surface area contributed by atoms with Crippen LogP contribution in [0.25, 0.3) is 17.4 Å². The molecule has 1 aromatic carbocycles. The molecule has 0 unspecified atom stereocenters. The minimum absolute atomic E-state index is 0.0525. The maximum absolute atomic E-state index is 12.7.